The average Bonchev–Trinajstić information content (AvgIpc) is 2.39. The highest BCUT2D eigenvalue weighted by Gasteiger charge is 2.26. The van der Waals surface area contributed by atoms with E-state index in [4.69, 9.17) is 15.3 Å². The number of rotatable bonds is 6. The Balaban J connectivity index is 2.36. The van der Waals surface area contributed by atoms with E-state index in [0.717, 1.165) is 19.3 Å². The Bertz CT molecular complexity index is 308. The first-order valence-electron chi connectivity index (χ1n) is 6.62. The second-order valence-corrected chi connectivity index (χ2v) is 4.73. The van der Waals surface area contributed by atoms with Gasteiger partial charge in [0.25, 0.3) is 0 Å². The summed E-state index contributed by atoms with van der Waals surface area (Å²) in [6, 6.07) is -0.209. The maximum absolute atomic E-state index is 11.9. The van der Waals surface area contributed by atoms with E-state index in [1.54, 1.807) is 4.90 Å². The lowest BCUT2D eigenvalue weighted by molar-refractivity contribution is -0.146. The number of likely N-dealkylation sites (tertiary alicyclic amines) is 1. The summed E-state index contributed by atoms with van der Waals surface area (Å²) in [5, 5.41) is 29.2. The molecule has 0 aliphatic carbocycles. The number of aliphatic carboxylic acids is 1. The van der Waals surface area contributed by atoms with Gasteiger partial charge in [-0.1, -0.05) is 0 Å². The summed E-state index contributed by atoms with van der Waals surface area (Å²) in [6.07, 6.45) is 1.96. The first-order valence-corrected chi connectivity index (χ1v) is 6.62. The number of nitrogens with zero attached hydrogens (tertiary/aromatic N) is 1. The zero-order valence-corrected chi connectivity index (χ0v) is 10.9. The first kappa shape index (κ1) is 15.7. The minimum absolute atomic E-state index is 0.0143. The SMILES string of the molecule is O=C(O)[C@@H](O)CCNC(=O)N1CCCCC1CCO. The van der Waals surface area contributed by atoms with Crippen molar-refractivity contribution < 1.29 is 24.9 Å². The van der Waals surface area contributed by atoms with Crippen LogP contribution in [0.2, 0.25) is 0 Å². The number of carbonyl (C=O) groups is 2. The number of hydrogen-bond acceptors (Lipinski definition) is 4. The van der Waals surface area contributed by atoms with Crippen molar-refractivity contribution in [2.75, 3.05) is 19.7 Å². The Morgan fingerprint density at radius 3 is 2.74 bits per heavy atom. The van der Waals surface area contributed by atoms with Gasteiger partial charge in [0.1, 0.15) is 0 Å². The molecule has 0 aromatic carbocycles. The molecule has 1 saturated heterocycles. The van der Waals surface area contributed by atoms with Crippen molar-refractivity contribution in [1.82, 2.24) is 10.2 Å². The Morgan fingerprint density at radius 2 is 2.11 bits per heavy atom. The van der Waals surface area contributed by atoms with Gasteiger partial charge < -0.3 is 25.5 Å². The van der Waals surface area contributed by atoms with Crippen molar-refractivity contribution >= 4 is 12.0 Å². The molecular weight excluding hydrogens is 252 g/mol. The Morgan fingerprint density at radius 1 is 1.37 bits per heavy atom. The molecule has 0 saturated carbocycles. The Labute approximate surface area is 112 Å². The third-order valence-electron chi connectivity index (χ3n) is 3.33. The van der Waals surface area contributed by atoms with Gasteiger partial charge in [-0.3, -0.25) is 0 Å². The summed E-state index contributed by atoms with van der Waals surface area (Å²) in [6.45, 7) is 0.818. The molecule has 2 amide bonds. The van der Waals surface area contributed by atoms with Crippen LogP contribution in [-0.4, -0.2) is 64.1 Å². The fourth-order valence-electron chi connectivity index (χ4n) is 2.26. The first-order chi connectivity index (χ1) is 9.06. The number of piperidine rings is 1. The molecular formula is C12H22N2O5. The third kappa shape index (κ3) is 5.04. The number of nitrogens with one attached hydrogen (secondary N) is 1. The molecule has 19 heavy (non-hydrogen) atoms. The predicted octanol–water partition coefficient (Wildman–Crippen LogP) is -0.231. The van der Waals surface area contributed by atoms with Gasteiger partial charge in [0.2, 0.25) is 0 Å². The molecule has 0 spiro atoms. The lowest BCUT2D eigenvalue weighted by Crippen LogP contribution is -2.49. The highest BCUT2D eigenvalue weighted by atomic mass is 16.4. The largest absolute Gasteiger partial charge is 0.479 e. The summed E-state index contributed by atoms with van der Waals surface area (Å²) in [5.41, 5.74) is 0. The molecule has 1 aliphatic heterocycles. The van der Waals surface area contributed by atoms with E-state index in [9.17, 15) is 9.59 Å². The van der Waals surface area contributed by atoms with Crippen LogP contribution in [0.15, 0.2) is 0 Å². The fraction of sp³-hybridized carbons (Fsp3) is 0.833. The van der Waals surface area contributed by atoms with Crippen molar-refractivity contribution in [3.05, 3.63) is 0 Å². The van der Waals surface area contributed by atoms with Crippen LogP contribution in [0.5, 0.6) is 0 Å². The van der Waals surface area contributed by atoms with E-state index in [2.05, 4.69) is 5.32 Å². The Kier molecular flexibility index (Phi) is 6.58. The second kappa shape index (κ2) is 7.96. The maximum atomic E-state index is 11.9. The van der Waals surface area contributed by atoms with Crippen LogP contribution >= 0.6 is 0 Å². The lowest BCUT2D eigenvalue weighted by Gasteiger charge is -2.35. The highest BCUT2D eigenvalue weighted by molar-refractivity contribution is 5.75. The number of carboxylic acid groups (broad SMARTS) is 1. The molecule has 1 unspecified atom stereocenters. The van der Waals surface area contributed by atoms with Crippen LogP contribution in [0.25, 0.3) is 0 Å². The van der Waals surface area contributed by atoms with E-state index in [0.29, 0.717) is 13.0 Å². The number of aliphatic hydroxyl groups is 2. The summed E-state index contributed by atoms with van der Waals surface area (Å²) >= 11 is 0. The number of amides is 2. The van der Waals surface area contributed by atoms with Gasteiger partial charge in [0, 0.05) is 32.2 Å². The summed E-state index contributed by atoms with van der Waals surface area (Å²) < 4.78 is 0. The van der Waals surface area contributed by atoms with E-state index in [1.165, 1.54) is 0 Å². The topological polar surface area (TPSA) is 110 Å². The molecule has 1 rings (SSSR count). The number of carboxylic acids is 1. The van der Waals surface area contributed by atoms with Gasteiger partial charge in [-0.15, -0.1) is 0 Å². The third-order valence-corrected chi connectivity index (χ3v) is 3.33. The quantitative estimate of drug-likeness (QED) is 0.535. The van der Waals surface area contributed by atoms with Crippen molar-refractivity contribution in [3.8, 4) is 0 Å². The molecule has 0 bridgehead atoms. The summed E-state index contributed by atoms with van der Waals surface area (Å²) in [7, 11) is 0. The van der Waals surface area contributed by atoms with Crippen molar-refractivity contribution in [2.45, 2.75) is 44.2 Å². The van der Waals surface area contributed by atoms with Gasteiger partial charge in [-0.2, -0.15) is 0 Å². The molecule has 0 radical (unpaired) electrons. The van der Waals surface area contributed by atoms with E-state index in [1.807, 2.05) is 0 Å². The van der Waals surface area contributed by atoms with Crippen LogP contribution in [-0.2, 0) is 4.79 Å². The number of carbonyl (C=O) groups excluding carboxylic acids is 1. The zero-order valence-electron chi connectivity index (χ0n) is 10.9. The minimum Gasteiger partial charge on any atom is -0.479 e. The van der Waals surface area contributed by atoms with E-state index < -0.39 is 12.1 Å². The lowest BCUT2D eigenvalue weighted by atomic mass is 10.0. The molecule has 1 fully saturated rings. The second-order valence-electron chi connectivity index (χ2n) is 4.73. The summed E-state index contributed by atoms with van der Waals surface area (Å²) in [4.78, 5) is 24.0. The molecule has 4 N–H and O–H groups in total. The van der Waals surface area contributed by atoms with Crippen molar-refractivity contribution in [3.63, 3.8) is 0 Å². The van der Waals surface area contributed by atoms with Crippen LogP contribution in [0.1, 0.15) is 32.1 Å². The number of aliphatic hydroxyl groups excluding tert-OH is 2. The normalized spacial score (nSPS) is 20.9. The van der Waals surface area contributed by atoms with Gasteiger partial charge in [0.15, 0.2) is 6.10 Å². The molecule has 1 heterocycles. The summed E-state index contributed by atoms with van der Waals surface area (Å²) in [5.74, 6) is -1.29. The molecule has 2 atom stereocenters. The van der Waals surface area contributed by atoms with Crippen LogP contribution in [0.3, 0.4) is 0 Å². The number of hydrogen-bond donors (Lipinski definition) is 4. The van der Waals surface area contributed by atoms with Gasteiger partial charge in [0.05, 0.1) is 0 Å². The van der Waals surface area contributed by atoms with Crippen molar-refractivity contribution in [2.24, 2.45) is 0 Å². The van der Waals surface area contributed by atoms with Gasteiger partial charge in [-0.05, 0) is 25.7 Å². The smallest absolute Gasteiger partial charge is 0.332 e. The van der Waals surface area contributed by atoms with Crippen molar-refractivity contribution in [1.29, 1.82) is 0 Å². The average molecular weight is 274 g/mol. The zero-order chi connectivity index (χ0) is 14.3. The van der Waals surface area contributed by atoms with E-state index >= 15 is 0 Å². The monoisotopic (exact) mass is 274 g/mol. The predicted molar refractivity (Wildman–Crippen MR) is 67.7 cm³/mol. The molecule has 0 aromatic rings. The van der Waals surface area contributed by atoms with E-state index in [-0.39, 0.29) is 31.6 Å². The van der Waals surface area contributed by atoms with Crippen LogP contribution < -0.4 is 5.32 Å². The molecule has 7 nitrogen and oxygen atoms in total. The van der Waals surface area contributed by atoms with Gasteiger partial charge in [-0.25, -0.2) is 9.59 Å². The molecule has 110 valence electrons. The molecule has 1 aliphatic rings. The van der Waals surface area contributed by atoms with Gasteiger partial charge >= 0.3 is 12.0 Å². The van der Waals surface area contributed by atoms with Crippen LogP contribution in [0, 0.1) is 0 Å². The van der Waals surface area contributed by atoms with Crippen LogP contribution in [0.4, 0.5) is 4.79 Å². The molecule has 7 heteroatoms. The fourth-order valence-corrected chi connectivity index (χ4v) is 2.26. The maximum Gasteiger partial charge on any atom is 0.332 e. The molecule has 0 aromatic heterocycles. The highest BCUT2D eigenvalue weighted by Crippen LogP contribution is 2.19. The standard InChI is InChI=1S/C12H22N2O5/c15-8-5-9-3-1-2-7-14(9)12(19)13-6-4-10(16)11(17)18/h9-10,15-16H,1-8H2,(H,13,19)(H,17,18)/t9?,10-/m0/s1. The Hall–Kier alpha value is -1.34. The minimum atomic E-state index is -1.45. The number of urea groups is 1.